The van der Waals surface area contributed by atoms with Gasteiger partial charge in [-0.3, -0.25) is 0 Å². The van der Waals surface area contributed by atoms with Gasteiger partial charge in [-0.25, -0.2) is 0 Å². The van der Waals surface area contributed by atoms with Gasteiger partial charge in [0.05, 0.1) is 0 Å². The highest BCUT2D eigenvalue weighted by atomic mass is 16.1. The van der Waals surface area contributed by atoms with Crippen LogP contribution in [0.4, 0.5) is 0 Å². The van der Waals surface area contributed by atoms with E-state index in [0.717, 1.165) is 32.5 Å². The summed E-state index contributed by atoms with van der Waals surface area (Å²) in [5.74, 6) is 0.905. The van der Waals surface area contributed by atoms with Crippen LogP contribution in [0.3, 0.4) is 0 Å². The first kappa shape index (κ1) is 13.6. The third kappa shape index (κ3) is 2.45. The second-order valence-corrected chi connectivity index (χ2v) is 6.15. The fourth-order valence-corrected chi connectivity index (χ4v) is 3.72. The van der Waals surface area contributed by atoms with E-state index in [4.69, 9.17) is 0 Å². The number of allylic oxidation sites excluding steroid dienone is 1. The predicted molar refractivity (Wildman–Crippen MR) is 82.7 cm³/mol. The predicted octanol–water partition coefficient (Wildman–Crippen LogP) is 3.63. The molecule has 1 saturated heterocycles. The molecule has 0 N–H and O–H groups in total. The van der Waals surface area contributed by atoms with Crippen molar-refractivity contribution >= 4 is 11.4 Å². The lowest BCUT2D eigenvalue weighted by Gasteiger charge is -2.33. The van der Waals surface area contributed by atoms with Crippen LogP contribution in [0.15, 0.2) is 29.8 Å². The number of benzene rings is 1. The van der Waals surface area contributed by atoms with Gasteiger partial charge in [-0.15, -0.1) is 0 Å². The summed E-state index contributed by atoms with van der Waals surface area (Å²) in [6.45, 7) is 7.30. The Hall–Kier alpha value is -1.41. The van der Waals surface area contributed by atoms with E-state index in [-0.39, 0.29) is 0 Å². The second kappa shape index (κ2) is 5.53. The Morgan fingerprint density at radius 3 is 2.95 bits per heavy atom. The van der Waals surface area contributed by atoms with E-state index in [2.05, 4.69) is 36.1 Å². The van der Waals surface area contributed by atoms with E-state index in [1.54, 1.807) is 12.5 Å². The molecule has 1 aromatic rings. The number of hydrogen-bond donors (Lipinski definition) is 0. The molecule has 2 nitrogen and oxygen atoms in total. The van der Waals surface area contributed by atoms with Gasteiger partial charge in [-0.1, -0.05) is 29.8 Å². The molecule has 2 aliphatic rings. The Morgan fingerprint density at radius 2 is 2.15 bits per heavy atom. The van der Waals surface area contributed by atoms with Gasteiger partial charge in [0.25, 0.3) is 0 Å². The van der Waals surface area contributed by atoms with Gasteiger partial charge in [0.1, 0.15) is 5.78 Å². The minimum atomic E-state index is 0.310. The first-order chi connectivity index (χ1) is 9.66. The summed E-state index contributed by atoms with van der Waals surface area (Å²) in [6.07, 6.45) is 2.91. The number of rotatable bonds is 4. The van der Waals surface area contributed by atoms with E-state index in [1.807, 2.05) is 0 Å². The Bertz CT molecular complexity index is 558. The number of nitrogens with zero attached hydrogens (tertiary/aromatic N) is 1. The molecule has 1 heterocycles. The topological polar surface area (TPSA) is 20.3 Å². The highest BCUT2D eigenvalue weighted by Gasteiger charge is 2.33. The van der Waals surface area contributed by atoms with Gasteiger partial charge in [0.2, 0.25) is 0 Å². The van der Waals surface area contributed by atoms with Crippen LogP contribution in [0.25, 0.3) is 5.57 Å². The normalized spacial score (nSPS) is 21.8. The average molecular weight is 269 g/mol. The maximum absolute atomic E-state index is 11.0. The molecule has 1 aliphatic heterocycles. The van der Waals surface area contributed by atoms with E-state index in [0.29, 0.717) is 11.7 Å². The lowest BCUT2D eigenvalue weighted by Crippen LogP contribution is -2.35. The van der Waals surface area contributed by atoms with Gasteiger partial charge < -0.3 is 9.69 Å². The van der Waals surface area contributed by atoms with Crippen molar-refractivity contribution in [3.05, 3.63) is 41.0 Å². The first-order valence-corrected chi connectivity index (χ1v) is 7.67. The zero-order valence-electron chi connectivity index (χ0n) is 12.5. The minimum absolute atomic E-state index is 0.310. The van der Waals surface area contributed by atoms with Gasteiger partial charge in [0, 0.05) is 25.4 Å². The van der Waals surface area contributed by atoms with Crippen molar-refractivity contribution in [3.63, 3.8) is 0 Å². The molecule has 0 aromatic heterocycles. The Kier molecular flexibility index (Phi) is 3.75. The monoisotopic (exact) mass is 269 g/mol. The summed E-state index contributed by atoms with van der Waals surface area (Å²) in [4.78, 5) is 13.6. The molecule has 1 unspecified atom stereocenters. The molecule has 1 fully saturated rings. The highest BCUT2D eigenvalue weighted by molar-refractivity contribution is 5.77. The molecule has 0 radical (unpaired) electrons. The van der Waals surface area contributed by atoms with Crippen LogP contribution in [0.2, 0.25) is 0 Å². The van der Waals surface area contributed by atoms with Crippen molar-refractivity contribution in [2.75, 3.05) is 19.6 Å². The quantitative estimate of drug-likeness (QED) is 0.832. The van der Waals surface area contributed by atoms with Crippen molar-refractivity contribution in [2.45, 2.75) is 39.0 Å². The van der Waals surface area contributed by atoms with Crippen molar-refractivity contribution < 1.29 is 4.79 Å². The van der Waals surface area contributed by atoms with Crippen molar-refractivity contribution in [2.24, 2.45) is 0 Å². The first-order valence-electron chi connectivity index (χ1n) is 7.67. The molecule has 20 heavy (non-hydrogen) atoms. The molecule has 1 atom stereocenters. The average Bonchev–Trinajstić information content (AvgIpc) is 2.73. The highest BCUT2D eigenvalue weighted by Crippen LogP contribution is 2.45. The largest absolute Gasteiger partial charge is 0.302 e. The summed E-state index contributed by atoms with van der Waals surface area (Å²) in [5.41, 5.74) is 6.12. The third-order valence-corrected chi connectivity index (χ3v) is 4.78. The summed E-state index contributed by atoms with van der Waals surface area (Å²) in [6, 6.07) is 8.85. The lowest BCUT2D eigenvalue weighted by atomic mass is 9.89. The zero-order chi connectivity index (χ0) is 14.1. The Balaban J connectivity index is 1.71. The molecule has 1 aromatic carbocycles. The van der Waals surface area contributed by atoms with Gasteiger partial charge >= 0.3 is 0 Å². The Morgan fingerprint density at radius 1 is 1.35 bits per heavy atom. The maximum Gasteiger partial charge on any atom is 0.129 e. The van der Waals surface area contributed by atoms with Crippen LogP contribution in [0.1, 0.15) is 50.2 Å². The minimum Gasteiger partial charge on any atom is -0.302 e. The van der Waals surface area contributed by atoms with E-state index in [1.165, 1.54) is 23.1 Å². The van der Waals surface area contributed by atoms with Gasteiger partial charge in [0.15, 0.2) is 0 Å². The standard InChI is InChI=1S/C18H23NO/c1-13(20)6-5-10-19-11-9-16-14(2)15-7-3-4-8-17(15)18(16)12-19/h3-4,7-8,18H,5-6,9-12H2,1-2H3. The Labute approximate surface area is 121 Å². The van der Waals surface area contributed by atoms with Crippen molar-refractivity contribution in [1.29, 1.82) is 0 Å². The molecule has 0 saturated carbocycles. The van der Waals surface area contributed by atoms with E-state index < -0.39 is 0 Å². The summed E-state index contributed by atoms with van der Waals surface area (Å²) >= 11 is 0. The molecule has 106 valence electrons. The molecular formula is C18H23NO. The van der Waals surface area contributed by atoms with Crippen molar-refractivity contribution in [3.8, 4) is 0 Å². The number of piperidine rings is 1. The molecule has 3 rings (SSSR count). The zero-order valence-corrected chi connectivity index (χ0v) is 12.5. The summed E-state index contributed by atoms with van der Waals surface area (Å²) < 4.78 is 0. The third-order valence-electron chi connectivity index (χ3n) is 4.78. The SMILES string of the molecule is CC(=O)CCCN1CCC2=C(C)c3ccccc3C2C1. The number of Topliss-reactive ketones (excluding diaryl/α,β-unsaturated/α-hetero) is 1. The van der Waals surface area contributed by atoms with Gasteiger partial charge in [-0.2, -0.15) is 0 Å². The van der Waals surface area contributed by atoms with E-state index in [9.17, 15) is 4.79 Å². The molecule has 1 aliphatic carbocycles. The van der Waals surface area contributed by atoms with Crippen LogP contribution in [-0.2, 0) is 4.79 Å². The number of likely N-dealkylation sites (tertiary alicyclic amines) is 1. The maximum atomic E-state index is 11.0. The number of carbonyl (C=O) groups is 1. The molecule has 0 bridgehead atoms. The molecule has 0 amide bonds. The second-order valence-electron chi connectivity index (χ2n) is 6.15. The van der Waals surface area contributed by atoms with E-state index >= 15 is 0 Å². The number of ketones is 1. The van der Waals surface area contributed by atoms with Crippen LogP contribution >= 0.6 is 0 Å². The fourth-order valence-electron chi connectivity index (χ4n) is 3.72. The van der Waals surface area contributed by atoms with Gasteiger partial charge in [-0.05, 0) is 49.9 Å². The van der Waals surface area contributed by atoms with Crippen LogP contribution in [-0.4, -0.2) is 30.3 Å². The summed E-state index contributed by atoms with van der Waals surface area (Å²) in [5, 5.41) is 0. The molecule has 0 spiro atoms. The number of carbonyl (C=O) groups excluding carboxylic acids is 1. The fraction of sp³-hybridized carbons (Fsp3) is 0.500. The number of fused-ring (bicyclic) bond motifs is 3. The van der Waals surface area contributed by atoms with Crippen molar-refractivity contribution in [1.82, 2.24) is 4.90 Å². The lowest BCUT2D eigenvalue weighted by molar-refractivity contribution is -0.117. The smallest absolute Gasteiger partial charge is 0.129 e. The van der Waals surface area contributed by atoms with Crippen LogP contribution < -0.4 is 0 Å². The van der Waals surface area contributed by atoms with Crippen LogP contribution in [0.5, 0.6) is 0 Å². The van der Waals surface area contributed by atoms with Crippen LogP contribution in [0, 0.1) is 0 Å². The molecule has 2 heteroatoms. The molecular weight excluding hydrogens is 246 g/mol. The summed E-state index contributed by atoms with van der Waals surface area (Å²) in [7, 11) is 0. The number of hydrogen-bond acceptors (Lipinski definition) is 2.